The molecule has 0 fully saturated rings. The highest BCUT2D eigenvalue weighted by molar-refractivity contribution is 6.00. The third-order valence-corrected chi connectivity index (χ3v) is 6.08. The van der Waals surface area contributed by atoms with E-state index in [0.29, 0.717) is 24.1 Å². The van der Waals surface area contributed by atoms with Crippen LogP contribution in [0.15, 0.2) is 66.7 Å². The summed E-state index contributed by atoms with van der Waals surface area (Å²) >= 11 is 0. The Bertz CT molecular complexity index is 1370. The van der Waals surface area contributed by atoms with Crippen LogP contribution in [0.25, 0.3) is 11.3 Å². The van der Waals surface area contributed by atoms with Crippen LogP contribution in [0.5, 0.6) is 11.5 Å². The van der Waals surface area contributed by atoms with E-state index in [2.05, 4.69) is 10.2 Å². The zero-order chi connectivity index (χ0) is 23.8. The van der Waals surface area contributed by atoms with Gasteiger partial charge in [0.2, 0.25) is 0 Å². The molecule has 1 aliphatic rings. The Morgan fingerprint density at radius 3 is 2.59 bits per heavy atom. The fourth-order valence-electron chi connectivity index (χ4n) is 4.39. The number of fused-ring (bicyclic) bond motifs is 1. The number of carbonyl (C=O) groups is 1. The van der Waals surface area contributed by atoms with Crippen molar-refractivity contribution in [2.75, 3.05) is 13.7 Å². The van der Waals surface area contributed by atoms with Gasteiger partial charge in [0.25, 0.3) is 5.91 Å². The SMILES string of the molecule is COc1ccc(CCN2C(=O)c3[nH]nc(-c4cc(F)ccc4O)c3C2c2ccccc2F)cc1. The second kappa shape index (κ2) is 8.62. The third-order valence-electron chi connectivity index (χ3n) is 6.08. The molecule has 1 atom stereocenters. The van der Waals surface area contributed by atoms with E-state index in [4.69, 9.17) is 4.74 Å². The van der Waals surface area contributed by atoms with Gasteiger partial charge in [-0.2, -0.15) is 5.10 Å². The Morgan fingerprint density at radius 2 is 1.85 bits per heavy atom. The minimum Gasteiger partial charge on any atom is -0.507 e. The molecule has 2 heterocycles. The standard InChI is InChI=1S/C26H21F2N3O3/c1-34-17-9-6-15(7-10-17)12-13-31-25(18-4-2-3-5-20(18)28)22-23(29-30-24(22)26(31)33)19-14-16(27)8-11-21(19)32/h2-11,14,25,32H,12-13H2,1H3,(H,29,30). The first-order valence-electron chi connectivity index (χ1n) is 10.7. The van der Waals surface area contributed by atoms with Crippen LogP contribution in [0.3, 0.4) is 0 Å². The van der Waals surface area contributed by atoms with Crippen molar-refractivity contribution in [3.8, 4) is 22.8 Å². The Morgan fingerprint density at radius 1 is 1.09 bits per heavy atom. The van der Waals surface area contributed by atoms with Crippen LogP contribution in [0.1, 0.15) is 33.2 Å². The Kier molecular flexibility index (Phi) is 5.49. The molecule has 34 heavy (non-hydrogen) atoms. The summed E-state index contributed by atoms with van der Waals surface area (Å²) in [7, 11) is 1.59. The number of H-pyrrole nitrogens is 1. The van der Waals surface area contributed by atoms with Gasteiger partial charge < -0.3 is 14.7 Å². The first-order valence-corrected chi connectivity index (χ1v) is 10.7. The highest BCUT2D eigenvalue weighted by atomic mass is 19.1. The summed E-state index contributed by atoms with van der Waals surface area (Å²) in [5.74, 6) is -0.838. The molecule has 5 rings (SSSR count). The van der Waals surface area contributed by atoms with E-state index < -0.39 is 17.7 Å². The van der Waals surface area contributed by atoms with Gasteiger partial charge in [0.15, 0.2) is 0 Å². The van der Waals surface area contributed by atoms with E-state index >= 15 is 0 Å². The summed E-state index contributed by atoms with van der Waals surface area (Å²) in [6.07, 6.45) is 0.527. The number of ether oxygens (including phenoxy) is 1. The molecule has 6 nitrogen and oxygen atoms in total. The molecule has 1 aromatic heterocycles. The molecule has 0 saturated carbocycles. The largest absolute Gasteiger partial charge is 0.507 e. The number of phenols is 1. The van der Waals surface area contributed by atoms with Crippen molar-refractivity contribution in [3.63, 3.8) is 0 Å². The molecule has 1 unspecified atom stereocenters. The first kappa shape index (κ1) is 21.6. The molecule has 0 saturated heterocycles. The lowest BCUT2D eigenvalue weighted by Crippen LogP contribution is -2.32. The van der Waals surface area contributed by atoms with Crippen LogP contribution < -0.4 is 4.74 Å². The van der Waals surface area contributed by atoms with E-state index in [1.165, 1.54) is 12.1 Å². The molecule has 0 bridgehead atoms. The first-order chi connectivity index (χ1) is 16.5. The lowest BCUT2D eigenvalue weighted by molar-refractivity contribution is 0.0744. The van der Waals surface area contributed by atoms with E-state index in [1.54, 1.807) is 30.2 Å². The molecule has 172 valence electrons. The topological polar surface area (TPSA) is 78.5 Å². The van der Waals surface area contributed by atoms with Crippen LogP contribution in [0, 0.1) is 11.6 Å². The minimum atomic E-state index is -0.793. The summed E-state index contributed by atoms with van der Waals surface area (Å²) in [6.45, 7) is 0.307. The number of halogens is 2. The number of hydrogen-bond acceptors (Lipinski definition) is 4. The predicted octanol–water partition coefficient (Wildman–Crippen LogP) is 4.86. The maximum absolute atomic E-state index is 15.0. The highest BCUT2D eigenvalue weighted by Gasteiger charge is 2.43. The van der Waals surface area contributed by atoms with Gasteiger partial charge in [0, 0.05) is 23.2 Å². The van der Waals surface area contributed by atoms with Crippen molar-refractivity contribution in [2.45, 2.75) is 12.5 Å². The number of benzene rings is 3. The van der Waals surface area contributed by atoms with Crippen molar-refractivity contribution in [2.24, 2.45) is 0 Å². The minimum absolute atomic E-state index is 0.128. The smallest absolute Gasteiger partial charge is 0.273 e. The number of aromatic nitrogens is 2. The molecule has 0 spiro atoms. The fraction of sp³-hybridized carbons (Fsp3) is 0.154. The van der Waals surface area contributed by atoms with Crippen LogP contribution >= 0.6 is 0 Å². The number of nitrogens with one attached hydrogen (secondary N) is 1. The van der Waals surface area contributed by atoms with Gasteiger partial charge >= 0.3 is 0 Å². The van der Waals surface area contributed by atoms with E-state index in [9.17, 15) is 18.7 Å². The number of carbonyl (C=O) groups excluding carboxylic acids is 1. The van der Waals surface area contributed by atoms with E-state index in [0.717, 1.165) is 23.4 Å². The van der Waals surface area contributed by atoms with Gasteiger partial charge in [-0.25, -0.2) is 8.78 Å². The average molecular weight is 461 g/mol. The number of rotatable bonds is 6. The van der Waals surface area contributed by atoms with Gasteiger partial charge in [-0.15, -0.1) is 0 Å². The summed E-state index contributed by atoms with van der Waals surface area (Å²) in [5.41, 5.74) is 2.22. The maximum atomic E-state index is 15.0. The number of hydrogen-bond donors (Lipinski definition) is 2. The zero-order valence-corrected chi connectivity index (χ0v) is 18.3. The number of aromatic hydroxyl groups is 1. The summed E-state index contributed by atoms with van der Waals surface area (Å²) < 4.78 is 34.2. The lowest BCUT2D eigenvalue weighted by Gasteiger charge is -2.27. The number of phenolic OH excluding ortho intramolecular Hbond substituents is 1. The van der Waals surface area contributed by atoms with Crippen LogP contribution in [0.2, 0.25) is 0 Å². The number of aromatic amines is 1. The van der Waals surface area contributed by atoms with Crippen LogP contribution in [0.4, 0.5) is 8.78 Å². The molecule has 8 heteroatoms. The molecular formula is C26H21F2N3O3. The predicted molar refractivity (Wildman–Crippen MR) is 122 cm³/mol. The normalized spacial score (nSPS) is 15.0. The summed E-state index contributed by atoms with van der Waals surface area (Å²) in [5, 5.41) is 17.3. The second-order valence-electron chi connectivity index (χ2n) is 8.04. The molecule has 3 aromatic carbocycles. The number of amides is 1. The second-order valence-corrected chi connectivity index (χ2v) is 8.04. The molecule has 4 aromatic rings. The molecular weight excluding hydrogens is 440 g/mol. The van der Waals surface area contributed by atoms with Gasteiger partial charge in [0.05, 0.1) is 13.2 Å². The fourth-order valence-corrected chi connectivity index (χ4v) is 4.39. The Hall–Kier alpha value is -4.20. The van der Waals surface area contributed by atoms with Crippen molar-refractivity contribution < 1.29 is 23.4 Å². The quantitative estimate of drug-likeness (QED) is 0.430. The zero-order valence-electron chi connectivity index (χ0n) is 18.3. The molecule has 0 radical (unpaired) electrons. The Labute approximate surface area is 194 Å². The van der Waals surface area contributed by atoms with Gasteiger partial charge in [-0.1, -0.05) is 30.3 Å². The van der Waals surface area contributed by atoms with Crippen LogP contribution in [-0.4, -0.2) is 39.8 Å². The number of methoxy groups -OCH3 is 1. The maximum Gasteiger partial charge on any atom is 0.273 e. The van der Waals surface area contributed by atoms with Crippen molar-refractivity contribution in [1.82, 2.24) is 15.1 Å². The van der Waals surface area contributed by atoms with Gasteiger partial charge in [-0.05, 0) is 48.4 Å². The monoisotopic (exact) mass is 461 g/mol. The molecule has 2 N–H and O–H groups in total. The van der Waals surface area contributed by atoms with Crippen LogP contribution in [-0.2, 0) is 6.42 Å². The van der Waals surface area contributed by atoms with Crippen molar-refractivity contribution in [3.05, 3.63) is 101 Å². The van der Waals surface area contributed by atoms with E-state index in [1.807, 2.05) is 24.3 Å². The molecule has 1 amide bonds. The number of nitrogens with zero attached hydrogens (tertiary/aromatic N) is 2. The van der Waals surface area contributed by atoms with Gasteiger partial charge in [-0.3, -0.25) is 9.89 Å². The lowest BCUT2D eigenvalue weighted by atomic mass is 9.95. The third kappa shape index (κ3) is 3.67. The Balaban J connectivity index is 1.58. The van der Waals surface area contributed by atoms with Crippen molar-refractivity contribution in [1.29, 1.82) is 0 Å². The molecule has 0 aliphatic carbocycles. The van der Waals surface area contributed by atoms with Crippen molar-refractivity contribution >= 4 is 5.91 Å². The highest BCUT2D eigenvalue weighted by Crippen LogP contribution is 2.45. The average Bonchev–Trinajstić information content (AvgIpc) is 3.39. The molecule has 1 aliphatic heterocycles. The van der Waals surface area contributed by atoms with E-state index in [-0.39, 0.29) is 28.6 Å². The summed E-state index contributed by atoms with van der Waals surface area (Å²) in [6, 6.07) is 16.4. The van der Waals surface area contributed by atoms with Gasteiger partial charge in [0.1, 0.15) is 34.5 Å². The summed E-state index contributed by atoms with van der Waals surface area (Å²) in [4.78, 5) is 15.0.